The maximum absolute atomic E-state index is 11.7. The summed E-state index contributed by atoms with van der Waals surface area (Å²) in [5, 5.41) is 6.21. The molecular weight excluding hydrogens is 220 g/mol. The molecule has 1 aromatic carbocycles. The molecular formula is C11H12N4O2. The molecule has 17 heavy (non-hydrogen) atoms. The van der Waals surface area contributed by atoms with Crippen LogP contribution in [0.25, 0.3) is 0 Å². The lowest BCUT2D eigenvalue weighted by molar-refractivity contribution is -0.122. The molecule has 0 saturated carbocycles. The van der Waals surface area contributed by atoms with Crippen LogP contribution in [0.5, 0.6) is 0 Å². The number of nitrogens with one attached hydrogen (secondary N) is 1. The molecule has 1 atom stereocenters. The van der Waals surface area contributed by atoms with E-state index >= 15 is 0 Å². The molecule has 0 fully saturated rings. The fourth-order valence-electron chi connectivity index (χ4n) is 1.36. The number of carbonyl (C=O) groups excluding carboxylic acids is 1. The van der Waals surface area contributed by atoms with Gasteiger partial charge >= 0.3 is 0 Å². The van der Waals surface area contributed by atoms with Crippen molar-refractivity contribution in [3.8, 4) is 0 Å². The Bertz CT molecular complexity index is 469. The quantitative estimate of drug-likeness (QED) is 0.795. The molecule has 88 valence electrons. The van der Waals surface area contributed by atoms with Gasteiger partial charge in [-0.3, -0.25) is 4.79 Å². The van der Waals surface area contributed by atoms with E-state index in [1.165, 1.54) is 6.39 Å². The Morgan fingerprint density at radius 2 is 2.18 bits per heavy atom. The topological polar surface area (TPSA) is 94.0 Å². The van der Waals surface area contributed by atoms with Crippen molar-refractivity contribution in [2.24, 2.45) is 5.73 Å². The molecule has 0 saturated heterocycles. The zero-order valence-electron chi connectivity index (χ0n) is 9.04. The van der Waals surface area contributed by atoms with E-state index in [-0.39, 0.29) is 12.5 Å². The number of rotatable bonds is 4. The summed E-state index contributed by atoms with van der Waals surface area (Å²) in [7, 11) is 0. The normalized spacial score (nSPS) is 12.1. The molecule has 0 radical (unpaired) electrons. The van der Waals surface area contributed by atoms with Gasteiger partial charge in [0.25, 0.3) is 0 Å². The van der Waals surface area contributed by atoms with E-state index < -0.39 is 6.04 Å². The molecule has 0 aliphatic rings. The maximum atomic E-state index is 11.7. The van der Waals surface area contributed by atoms with Gasteiger partial charge in [-0.2, -0.15) is 4.98 Å². The fourth-order valence-corrected chi connectivity index (χ4v) is 1.36. The number of carbonyl (C=O) groups is 1. The highest BCUT2D eigenvalue weighted by atomic mass is 16.5. The van der Waals surface area contributed by atoms with Gasteiger partial charge in [0.15, 0.2) is 5.82 Å². The summed E-state index contributed by atoms with van der Waals surface area (Å²) in [5.74, 6) is 0.139. The molecule has 2 aromatic rings. The average Bonchev–Trinajstić information content (AvgIpc) is 2.89. The lowest BCUT2D eigenvalue weighted by Gasteiger charge is -2.11. The van der Waals surface area contributed by atoms with Crippen molar-refractivity contribution in [3.63, 3.8) is 0 Å². The molecule has 1 amide bonds. The molecule has 6 heteroatoms. The number of amides is 1. The third-order valence-corrected chi connectivity index (χ3v) is 2.27. The second kappa shape index (κ2) is 5.22. The van der Waals surface area contributed by atoms with E-state index in [0.29, 0.717) is 5.82 Å². The summed E-state index contributed by atoms with van der Waals surface area (Å²) in [6.07, 6.45) is 1.21. The van der Waals surface area contributed by atoms with Crippen molar-refractivity contribution in [2.75, 3.05) is 0 Å². The summed E-state index contributed by atoms with van der Waals surface area (Å²) in [4.78, 5) is 15.5. The van der Waals surface area contributed by atoms with Crippen LogP contribution < -0.4 is 11.1 Å². The number of hydrogen-bond acceptors (Lipinski definition) is 5. The van der Waals surface area contributed by atoms with Crippen LogP contribution in [0.1, 0.15) is 17.4 Å². The van der Waals surface area contributed by atoms with Gasteiger partial charge in [0, 0.05) is 0 Å². The van der Waals surface area contributed by atoms with E-state index in [0.717, 1.165) is 5.56 Å². The molecule has 0 aliphatic heterocycles. The van der Waals surface area contributed by atoms with Crippen molar-refractivity contribution in [1.29, 1.82) is 0 Å². The molecule has 2 rings (SSSR count). The van der Waals surface area contributed by atoms with Gasteiger partial charge in [-0.05, 0) is 5.56 Å². The lowest BCUT2D eigenvalue weighted by atomic mass is 10.1. The van der Waals surface area contributed by atoms with Crippen LogP contribution in [0, 0.1) is 0 Å². The van der Waals surface area contributed by atoms with Crippen LogP contribution in [-0.4, -0.2) is 16.0 Å². The Morgan fingerprint density at radius 1 is 1.41 bits per heavy atom. The van der Waals surface area contributed by atoms with Crippen LogP contribution in [0.4, 0.5) is 0 Å². The maximum Gasteiger partial charge on any atom is 0.241 e. The summed E-state index contributed by atoms with van der Waals surface area (Å²) < 4.78 is 4.55. The van der Waals surface area contributed by atoms with E-state index in [1.54, 1.807) is 12.1 Å². The second-order valence-electron chi connectivity index (χ2n) is 3.45. The predicted octanol–water partition coefficient (Wildman–Crippen LogP) is 0.386. The Hall–Kier alpha value is -2.21. The molecule has 0 bridgehead atoms. The molecule has 0 spiro atoms. The summed E-state index contributed by atoms with van der Waals surface area (Å²) in [5.41, 5.74) is 6.56. The third kappa shape index (κ3) is 2.88. The van der Waals surface area contributed by atoms with Crippen molar-refractivity contribution >= 4 is 5.91 Å². The molecule has 3 N–H and O–H groups in total. The van der Waals surface area contributed by atoms with Crippen molar-refractivity contribution in [1.82, 2.24) is 15.5 Å². The van der Waals surface area contributed by atoms with E-state index in [4.69, 9.17) is 5.73 Å². The van der Waals surface area contributed by atoms with Crippen molar-refractivity contribution < 1.29 is 9.32 Å². The van der Waals surface area contributed by atoms with Crippen LogP contribution in [-0.2, 0) is 11.3 Å². The summed E-state index contributed by atoms with van der Waals surface area (Å²) in [6.45, 7) is 0.204. The average molecular weight is 232 g/mol. The smallest absolute Gasteiger partial charge is 0.241 e. The molecule has 0 aliphatic carbocycles. The third-order valence-electron chi connectivity index (χ3n) is 2.27. The Balaban J connectivity index is 1.92. The largest absolute Gasteiger partial charge is 0.347 e. The summed E-state index contributed by atoms with van der Waals surface area (Å²) >= 11 is 0. The second-order valence-corrected chi connectivity index (χ2v) is 3.45. The Labute approximate surface area is 97.8 Å². The van der Waals surface area contributed by atoms with E-state index in [9.17, 15) is 4.79 Å². The predicted molar refractivity (Wildman–Crippen MR) is 59.5 cm³/mol. The van der Waals surface area contributed by atoms with Gasteiger partial charge in [0.05, 0.1) is 6.54 Å². The number of aromatic nitrogens is 2. The number of nitrogens with zero attached hydrogens (tertiary/aromatic N) is 2. The fraction of sp³-hybridized carbons (Fsp3) is 0.182. The first-order valence-corrected chi connectivity index (χ1v) is 5.11. The Kier molecular flexibility index (Phi) is 3.46. The standard InChI is InChI=1S/C11H12N4O2/c12-10(8-4-2-1-3-5-8)11(16)13-6-9-14-7-17-15-9/h1-5,7,10H,6,12H2,(H,13,16). The van der Waals surface area contributed by atoms with Crippen molar-refractivity contribution in [2.45, 2.75) is 12.6 Å². The lowest BCUT2D eigenvalue weighted by Crippen LogP contribution is -2.33. The zero-order chi connectivity index (χ0) is 12.1. The first-order valence-electron chi connectivity index (χ1n) is 5.11. The number of nitrogens with two attached hydrogens (primary N) is 1. The van der Waals surface area contributed by atoms with Gasteiger partial charge in [0.1, 0.15) is 6.04 Å². The minimum absolute atomic E-state index is 0.204. The highest BCUT2D eigenvalue weighted by Gasteiger charge is 2.15. The van der Waals surface area contributed by atoms with E-state index in [2.05, 4.69) is 20.0 Å². The van der Waals surface area contributed by atoms with Crippen LogP contribution >= 0.6 is 0 Å². The van der Waals surface area contributed by atoms with Gasteiger partial charge < -0.3 is 15.6 Å². The zero-order valence-corrected chi connectivity index (χ0v) is 9.04. The van der Waals surface area contributed by atoms with Gasteiger partial charge in [-0.1, -0.05) is 35.5 Å². The van der Waals surface area contributed by atoms with Crippen LogP contribution in [0.3, 0.4) is 0 Å². The first kappa shape index (κ1) is 11.3. The minimum Gasteiger partial charge on any atom is -0.347 e. The molecule has 1 aromatic heterocycles. The van der Waals surface area contributed by atoms with Crippen LogP contribution in [0.15, 0.2) is 41.2 Å². The van der Waals surface area contributed by atoms with Gasteiger partial charge in [-0.25, -0.2) is 0 Å². The molecule has 6 nitrogen and oxygen atoms in total. The minimum atomic E-state index is -0.692. The number of hydrogen-bond donors (Lipinski definition) is 2. The van der Waals surface area contributed by atoms with E-state index in [1.807, 2.05) is 18.2 Å². The summed E-state index contributed by atoms with van der Waals surface area (Å²) in [6, 6.07) is 8.46. The molecule has 1 heterocycles. The Morgan fingerprint density at radius 3 is 2.82 bits per heavy atom. The van der Waals surface area contributed by atoms with Crippen molar-refractivity contribution in [3.05, 3.63) is 48.1 Å². The number of benzene rings is 1. The monoisotopic (exact) mass is 232 g/mol. The van der Waals surface area contributed by atoms with Crippen LogP contribution in [0.2, 0.25) is 0 Å². The SMILES string of the molecule is NC(C(=O)NCc1ncon1)c1ccccc1. The molecule has 1 unspecified atom stereocenters. The highest BCUT2D eigenvalue weighted by Crippen LogP contribution is 2.09. The van der Waals surface area contributed by atoms with Gasteiger partial charge in [0.2, 0.25) is 12.3 Å². The highest BCUT2D eigenvalue weighted by molar-refractivity contribution is 5.82. The first-order chi connectivity index (χ1) is 8.27. The van der Waals surface area contributed by atoms with Gasteiger partial charge in [-0.15, -0.1) is 0 Å².